The zero-order valence-corrected chi connectivity index (χ0v) is 8.55. The molecular weight excluding hydrogens is 179 g/mol. The van der Waals surface area contributed by atoms with Crippen molar-refractivity contribution in [3.63, 3.8) is 0 Å². The van der Waals surface area contributed by atoms with Gasteiger partial charge >= 0.3 is 0 Å². The first-order chi connectivity index (χ1) is 6.53. The number of aliphatic hydroxyl groups excluding tert-OH is 1. The van der Waals surface area contributed by atoms with Crippen LogP contribution in [0.4, 0.5) is 4.39 Å². The summed E-state index contributed by atoms with van der Waals surface area (Å²) in [4.78, 5) is 0. The number of fused-ring (bicyclic) bond motifs is 1. The van der Waals surface area contributed by atoms with Gasteiger partial charge in [0.2, 0.25) is 0 Å². The van der Waals surface area contributed by atoms with Crippen LogP contribution in [0, 0.1) is 5.82 Å². The van der Waals surface area contributed by atoms with E-state index in [1.54, 1.807) is 6.07 Å². The van der Waals surface area contributed by atoms with Crippen LogP contribution in [0.2, 0.25) is 0 Å². The van der Waals surface area contributed by atoms with Crippen LogP contribution in [0.1, 0.15) is 31.4 Å². The summed E-state index contributed by atoms with van der Waals surface area (Å²) in [6.07, 6.45) is 0.935. The van der Waals surface area contributed by atoms with Gasteiger partial charge in [-0.2, -0.15) is 0 Å². The Morgan fingerprint density at radius 3 is 2.86 bits per heavy atom. The lowest BCUT2D eigenvalue weighted by molar-refractivity contribution is 0.0823. The van der Waals surface area contributed by atoms with E-state index in [0.29, 0.717) is 12.8 Å². The van der Waals surface area contributed by atoms with Crippen LogP contribution in [0.25, 0.3) is 0 Å². The van der Waals surface area contributed by atoms with Gasteiger partial charge in [-0.25, -0.2) is 4.39 Å². The molecule has 1 aromatic carbocycles. The van der Waals surface area contributed by atoms with E-state index in [4.69, 9.17) is 0 Å². The average Bonchev–Trinajstić information content (AvgIpc) is 2.13. The molecule has 14 heavy (non-hydrogen) atoms. The third-order valence-electron chi connectivity index (χ3n) is 3.31. The number of aliphatic hydroxyl groups is 1. The maximum absolute atomic E-state index is 13.5. The third kappa shape index (κ3) is 1.25. The van der Waals surface area contributed by atoms with Crippen LogP contribution in [0.3, 0.4) is 0 Å². The molecule has 0 fully saturated rings. The molecular formula is C12H15FO. The fourth-order valence-corrected chi connectivity index (χ4v) is 2.24. The van der Waals surface area contributed by atoms with Crippen molar-refractivity contribution in [1.82, 2.24) is 0 Å². The van der Waals surface area contributed by atoms with Gasteiger partial charge in [0, 0.05) is 5.41 Å². The third-order valence-corrected chi connectivity index (χ3v) is 3.31. The lowest BCUT2D eigenvalue weighted by Crippen LogP contribution is -2.38. The molecule has 1 aromatic rings. The number of hydrogen-bond acceptors (Lipinski definition) is 1. The van der Waals surface area contributed by atoms with Crippen LogP contribution >= 0.6 is 0 Å². The summed E-state index contributed by atoms with van der Waals surface area (Å²) in [5.74, 6) is -0.137. The zero-order valence-electron chi connectivity index (χ0n) is 8.55. The topological polar surface area (TPSA) is 20.2 Å². The first-order valence-corrected chi connectivity index (χ1v) is 4.99. The van der Waals surface area contributed by atoms with E-state index in [-0.39, 0.29) is 17.3 Å². The molecule has 0 aromatic heterocycles. The molecule has 0 amide bonds. The Bertz CT molecular complexity index is 357. The first kappa shape index (κ1) is 9.66. The summed E-state index contributed by atoms with van der Waals surface area (Å²) in [5, 5.41) is 9.85. The van der Waals surface area contributed by atoms with Gasteiger partial charge in [0.25, 0.3) is 0 Å². The average molecular weight is 194 g/mol. The van der Waals surface area contributed by atoms with E-state index in [2.05, 4.69) is 0 Å². The Morgan fingerprint density at radius 2 is 2.14 bits per heavy atom. The number of rotatable bonds is 0. The molecule has 0 saturated heterocycles. The van der Waals surface area contributed by atoms with Crippen molar-refractivity contribution >= 4 is 0 Å². The van der Waals surface area contributed by atoms with Gasteiger partial charge in [0.05, 0.1) is 6.10 Å². The smallest absolute Gasteiger partial charge is 0.126 e. The van der Waals surface area contributed by atoms with Crippen LogP contribution in [-0.4, -0.2) is 11.2 Å². The molecule has 1 aliphatic carbocycles. The van der Waals surface area contributed by atoms with Crippen molar-refractivity contribution < 1.29 is 9.50 Å². The van der Waals surface area contributed by atoms with Gasteiger partial charge in [0.1, 0.15) is 5.82 Å². The summed E-state index contributed by atoms with van der Waals surface area (Å²) in [5.41, 5.74) is 1.41. The Morgan fingerprint density at radius 1 is 1.43 bits per heavy atom. The summed E-state index contributed by atoms with van der Waals surface area (Å²) in [6, 6.07) is 5.13. The van der Waals surface area contributed by atoms with E-state index in [1.807, 2.05) is 19.9 Å². The van der Waals surface area contributed by atoms with Crippen molar-refractivity contribution in [3.8, 4) is 0 Å². The molecule has 76 valence electrons. The highest BCUT2D eigenvalue weighted by Crippen LogP contribution is 2.37. The minimum Gasteiger partial charge on any atom is -0.392 e. The Hall–Kier alpha value is -0.890. The van der Waals surface area contributed by atoms with E-state index in [1.165, 1.54) is 6.07 Å². The Labute approximate surface area is 83.6 Å². The maximum atomic E-state index is 13.5. The lowest BCUT2D eigenvalue weighted by atomic mass is 9.70. The van der Waals surface area contributed by atoms with Crippen LogP contribution in [0.15, 0.2) is 18.2 Å². The molecule has 0 bridgehead atoms. The summed E-state index contributed by atoms with van der Waals surface area (Å²) in [6.45, 7) is 3.93. The molecule has 2 rings (SSSR count). The monoisotopic (exact) mass is 194 g/mol. The molecule has 1 aliphatic rings. The highest BCUT2D eigenvalue weighted by molar-refractivity contribution is 5.38. The van der Waals surface area contributed by atoms with E-state index in [0.717, 1.165) is 11.1 Å². The molecule has 2 heteroatoms. The SMILES string of the molecule is CC1(C)c2cccc(F)c2CCC1O. The molecule has 1 N–H and O–H groups in total. The minimum absolute atomic E-state index is 0.137. The molecule has 1 nitrogen and oxygen atoms in total. The van der Waals surface area contributed by atoms with Gasteiger partial charge in [-0.05, 0) is 30.0 Å². The standard InChI is InChI=1S/C12H15FO/c1-12(2)9-4-3-5-10(13)8(9)6-7-11(12)14/h3-5,11,14H,6-7H2,1-2H3. The van der Waals surface area contributed by atoms with E-state index < -0.39 is 0 Å². The van der Waals surface area contributed by atoms with Gasteiger partial charge in [-0.1, -0.05) is 26.0 Å². The number of benzene rings is 1. The summed E-state index contributed by atoms with van der Waals surface area (Å²) < 4.78 is 13.5. The van der Waals surface area contributed by atoms with Crippen molar-refractivity contribution in [2.75, 3.05) is 0 Å². The van der Waals surface area contributed by atoms with Crippen molar-refractivity contribution in [2.24, 2.45) is 0 Å². The van der Waals surface area contributed by atoms with Crippen molar-refractivity contribution in [2.45, 2.75) is 38.2 Å². The molecule has 0 aliphatic heterocycles. The zero-order chi connectivity index (χ0) is 10.3. The molecule has 0 spiro atoms. The largest absolute Gasteiger partial charge is 0.392 e. The predicted octanol–water partition coefficient (Wildman–Crippen LogP) is 2.41. The van der Waals surface area contributed by atoms with Gasteiger partial charge in [0.15, 0.2) is 0 Å². The second-order valence-electron chi connectivity index (χ2n) is 4.54. The highest BCUT2D eigenvalue weighted by atomic mass is 19.1. The van der Waals surface area contributed by atoms with Crippen molar-refractivity contribution in [1.29, 1.82) is 0 Å². The Kier molecular flexibility index (Phi) is 2.11. The fraction of sp³-hybridized carbons (Fsp3) is 0.500. The normalized spacial score (nSPS) is 24.4. The number of halogens is 1. The molecule has 1 unspecified atom stereocenters. The quantitative estimate of drug-likeness (QED) is 0.672. The van der Waals surface area contributed by atoms with Crippen LogP contribution in [-0.2, 0) is 11.8 Å². The Balaban J connectivity index is 2.59. The molecule has 0 heterocycles. The fourth-order valence-electron chi connectivity index (χ4n) is 2.24. The lowest BCUT2D eigenvalue weighted by Gasteiger charge is -2.37. The second kappa shape index (κ2) is 3.06. The first-order valence-electron chi connectivity index (χ1n) is 4.99. The summed E-state index contributed by atoms with van der Waals surface area (Å²) in [7, 11) is 0. The van der Waals surface area contributed by atoms with Crippen LogP contribution in [0.5, 0.6) is 0 Å². The molecule has 1 atom stereocenters. The highest BCUT2D eigenvalue weighted by Gasteiger charge is 2.36. The van der Waals surface area contributed by atoms with Gasteiger partial charge in [-0.15, -0.1) is 0 Å². The summed E-state index contributed by atoms with van der Waals surface area (Å²) >= 11 is 0. The molecule has 0 saturated carbocycles. The van der Waals surface area contributed by atoms with E-state index >= 15 is 0 Å². The van der Waals surface area contributed by atoms with Crippen molar-refractivity contribution in [3.05, 3.63) is 35.1 Å². The minimum atomic E-state index is -0.364. The van der Waals surface area contributed by atoms with Gasteiger partial charge in [-0.3, -0.25) is 0 Å². The second-order valence-corrected chi connectivity index (χ2v) is 4.54. The maximum Gasteiger partial charge on any atom is 0.126 e. The molecule has 0 radical (unpaired) electrons. The van der Waals surface area contributed by atoms with Gasteiger partial charge < -0.3 is 5.11 Å². The van der Waals surface area contributed by atoms with E-state index in [9.17, 15) is 9.50 Å². The van der Waals surface area contributed by atoms with Crippen LogP contribution < -0.4 is 0 Å². The predicted molar refractivity (Wildman–Crippen MR) is 53.8 cm³/mol. The number of hydrogen-bond donors (Lipinski definition) is 1.